The molecule has 6 nitrogen and oxygen atoms in total. The molecular formula is C17H26O6. The maximum atomic E-state index is 9.96. The van der Waals surface area contributed by atoms with Crippen LogP contribution in [0.4, 0.5) is 0 Å². The van der Waals surface area contributed by atoms with Crippen molar-refractivity contribution in [2.24, 2.45) is 0 Å². The van der Waals surface area contributed by atoms with Crippen molar-refractivity contribution in [2.45, 2.75) is 57.7 Å². The van der Waals surface area contributed by atoms with Crippen LogP contribution < -0.4 is 0 Å². The second-order valence-corrected chi connectivity index (χ2v) is 5.82. The molecule has 23 heavy (non-hydrogen) atoms. The van der Waals surface area contributed by atoms with Gasteiger partial charge in [-0.1, -0.05) is 30.7 Å². The van der Waals surface area contributed by atoms with Crippen molar-refractivity contribution in [3.63, 3.8) is 0 Å². The largest absolute Gasteiger partial charge is 0.509 e. The maximum absolute atomic E-state index is 9.96. The minimum Gasteiger partial charge on any atom is -0.509 e. The van der Waals surface area contributed by atoms with E-state index in [1.807, 2.05) is 26.0 Å². The lowest BCUT2D eigenvalue weighted by molar-refractivity contribution is -0.132. The Morgan fingerprint density at radius 1 is 1.00 bits per heavy atom. The molecule has 6 N–H and O–H groups in total. The Kier molecular flexibility index (Phi) is 7.18. The topological polar surface area (TPSA) is 121 Å². The van der Waals surface area contributed by atoms with Gasteiger partial charge in [0.25, 0.3) is 0 Å². The van der Waals surface area contributed by atoms with Crippen LogP contribution in [0, 0.1) is 13.8 Å². The number of hydrogen-bond donors (Lipinski definition) is 6. The highest BCUT2D eigenvalue weighted by Crippen LogP contribution is 2.18. The van der Waals surface area contributed by atoms with Crippen LogP contribution in [0.1, 0.15) is 30.0 Å². The Labute approximate surface area is 136 Å². The van der Waals surface area contributed by atoms with E-state index >= 15 is 0 Å². The van der Waals surface area contributed by atoms with Gasteiger partial charge in [0, 0.05) is 0 Å². The fourth-order valence-corrected chi connectivity index (χ4v) is 2.27. The number of rotatable bonds is 7. The normalized spacial score (nSPS) is 19.0. The molecule has 130 valence electrons. The third kappa shape index (κ3) is 5.02. The quantitative estimate of drug-likeness (QED) is 0.404. The first-order valence-corrected chi connectivity index (χ1v) is 7.57. The number of hydrogen-bond acceptors (Lipinski definition) is 6. The van der Waals surface area contributed by atoms with Crippen LogP contribution in [-0.2, 0) is 0 Å². The predicted molar refractivity (Wildman–Crippen MR) is 86.8 cm³/mol. The van der Waals surface area contributed by atoms with E-state index in [1.165, 1.54) is 6.08 Å². The monoisotopic (exact) mass is 326 g/mol. The average molecular weight is 326 g/mol. The van der Waals surface area contributed by atoms with E-state index in [0.717, 1.165) is 11.1 Å². The molecule has 1 aromatic carbocycles. The third-order valence-corrected chi connectivity index (χ3v) is 3.87. The molecule has 0 spiro atoms. The molecule has 0 aliphatic rings. The van der Waals surface area contributed by atoms with E-state index in [0.29, 0.717) is 5.56 Å². The Morgan fingerprint density at radius 3 is 2.13 bits per heavy atom. The molecule has 0 saturated heterocycles. The van der Waals surface area contributed by atoms with Crippen molar-refractivity contribution in [1.82, 2.24) is 0 Å². The van der Waals surface area contributed by atoms with Crippen molar-refractivity contribution in [2.75, 3.05) is 0 Å². The highest BCUT2D eigenvalue weighted by molar-refractivity contribution is 5.56. The van der Waals surface area contributed by atoms with Gasteiger partial charge in [-0.15, -0.1) is 0 Å². The van der Waals surface area contributed by atoms with Crippen molar-refractivity contribution < 1.29 is 30.6 Å². The summed E-state index contributed by atoms with van der Waals surface area (Å²) < 4.78 is 0. The maximum Gasteiger partial charge on any atom is 0.139 e. The van der Waals surface area contributed by atoms with Gasteiger partial charge in [-0.25, -0.2) is 0 Å². The van der Waals surface area contributed by atoms with E-state index in [-0.39, 0.29) is 6.42 Å². The Hall–Kier alpha value is -1.44. The molecule has 0 aliphatic heterocycles. The fourth-order valence-electron chi connectivity index (χ4n) is 2.27. The zero-order valence-electron chi connectivity index (χ0n) is 13.6. The van der Waals surface area contributed by atoms with E-state index in [9.17, 15) is 30.6 Å². The zero-order valence-corrected chi connectivity index (χ0v) is 13.6. The molecule has 5 atom stereocenters. The predicted octanol–water partition coefficient (Wildman–Crippen LogP) is 0.417. The molecular weight excluding hydrogens is 300 g/mol. The second kappa shape index (κ2) is 8.42. The minimum atomic E-state index is -1.84. The standard InChI is InChI=1S/C17H26O6/c1-4-12(18)14(20)16(22)17(23)15(21)13(19)8-11-6-5-9(2)7-10(11)3/h5-8,12,14-23H,4H2,1-3H3/t12?,14-,15+,16+,17+/m0/s1. The SMILES string of the molecule is CCC(O)[C@H](O)[C@@H](O)[C@H](O)[C@H](O)C(O)=Cc1ccc(C)cc1C. The van der Waals surface area contributed by atoms with Crippen LogP contribution in [-0.4, -0.2) is 61.2 Å². The second-order valence-electron chi connectivity index (χ2n) is 5.82. The Morgan fingerprint density at radius 2 is 1.61 bits per heavy atom. The molecule has 0 amide bonds. The van der Waals surface area contributed by atoms with E-state index < -0.39 is 36.3 Å². The summed E-state index contributed by atoms with van der Waals surface area (Å²) in [5.41, 5.74) is 2.58. The van der Waals surface area contributed by atoms with Crippen LogP contribution >= 0.6 is 0 Å². The summed E-state index contributed by atoms with van der Waals surface area (Å²) in [5, 5.41) is 58.8. The summed E-state index contributed by atoms with van der Waals surface area (Å²) in [6.07, 6.45) is -6.83. The van der Waals surface area contributed by atoms with Gasteiger partial charge in [0.1, 0.15) is 30.2 Å². The van der Waals surface area contributed by atoms with Crippen molar-refractivity contribution in [3.05, 3.63) is 40.6 Å². The molecule has 1 aromatic rings. The highest BCUT2D eigenvalue weighted by atomic mass is 16.4. The smallest absolute Gasteiger partial charge is 0.139 e. The Balaban J connectivity index is 2.89. The first kappa shape index (κ1) is 19.6. The van der Waals surface area contributed by atoms with Gasteiger partial charge >= 0.3 is 0 Å². The molecule has 1 unspecified atom stereocenters. The zero-order chi connectivity index (χ0) is 17.7. The molecule has 0 aliphatic carbocycles. The van der Waals surface area contributed by atoms with Gasteiger partial charge < -0.3 is 30.6 Å². The highest BCUT2D eigenvalue weighted by Gasteiger charge is 2.35. The molecule has 0 radical (unpaired) electrons. The van der Waals surface area contributed by atoms with Gasteiger partial charge in [0.05, 0.1) is 6.10 Å². The van der Waals surface area contributed by atoms with E-state index in [2.05, 4.69) is 0 Å². The molecule has 1 rings (SSSR count). The number of aliphatic hydroxyl groups excluding tert-OH is 6. The van der Waals surface area contributed by atoms with Gasteiger partial charge in [0.2, 0.25) is 0 Å². The molecule has 0 aromatic heterocycles. The summed E-state index contributed by atoms with van der Waals surface area (Å²) in [4.78, 5) is 0. The lowest BCUT2D eigenvalue weighted by Crippen LogP contribution is -2.49. The van der Waals surface area contributed by atoms with Crippen molar-refractivity contribution >= 4 is 6.08 Å². The molecule has 0 heterocycles. The van der Waals surface area contributed by atoms with Gasteiger partial charge in [-0.3, -0.25) is 0 Å². The van der Waals surface area contributed by atoms with Crippen molar-refractivity contribution in [3.8, 4) is 0 Å². The van der Waals surface area contributed by atoms with E-state index in [4.69, 9.17) is 0 Å². The first-order valence-electron chi connectivity index (χ1n) is 7.57. The number of aliphatic hydroxyl groups is 6. The van der Waals surface area contributed by atoms with Gasteiger partial charge in [-0.2, -0.15) is 0 Å². The van der Waals surface area contributed by atoms with Gasteiger partial charge in [-0.05, 0) is 37.5 Å². The van der Waals surface area contributed by atoms with E-state index in [1.54, 1.807) is 13.0 Å². The average Bonchev–Trinajstić information content (AvgIpc) is 2.53. The van der Waals surface area contributed by atoms with Crippen LogP contribution in [0.25, 0.3) is 6.08 Å². The molecule has 0 bridgehead atoms. The summed E-state index contributed by atoms with van der Waals surface area (Å²) in [6, 6.07) is 5.50. The summed E-state index contributed by atoms with van der Waals surface area (Å²) in [5.74, 6) is -0.540. The van der Waals surface area contributed by atoms with Crippen LogP contribution in [0.2, 0.25) is 0 Å². The van der Waals surface area contributed by atoms with Crippen LogP contribution in [0.5, 0.6) is 0 Å². The number of aryl methyl sites for hydroxylation is 2. The first-order chi connectivity index (χ1) is 10.7. The van der Waals surface area contributed by atoms with Gasteiger partial charge in [0.15, 0.2) is 0 Å². The summed E-state index contributed by atoms with van der Waals surface area (Å²) in [6.45, 7) is 5.36. The number of benzene rings is 1. The van der Waals surface area contributed by atoms with Crippen molar-refractivity contribution in [1.29, 1.82) is 0 Å². The summed E-state index contributed by atoms with van der Waals surface area (Å²) >= 11 is 0. The lowest BCUT2D eigenvalue weighted by atomic mass is 9.96. The fraction of sp³-hybridized carbons (Fsp3) is 0.529. The molecule has 0 fully saturated rings. The third-order valence-electron chi connectivity index (χ3n) is 3.87. The minimum absolute atomic E-state index is 0.172. The Bertz CT molecular complexity index is 542. The molecule has 6 heteroatoms. The summed E-state index contributed by atoms with van der Waals surface area (Å²) in [7, 11) is 0. The lowest BCUT2D eigenvalue weighted by Gasteiger charge is -2.28. The van der Waals surface area contributed by atoms with Crippen LogP contribution in [0.3, 0.4) is 0 Å². The van der Waals surface area contributed by atoms with Crippen LogP contribution in [0.15, 0.2) is 24.0 Å². The molecule has 0 saturated carbocycles.